The molecule has 2 heteroatoms. The van der Waals surface area contributed by atoms with Gasteiger partial charge in [0.15, 0.2) is 6.79 Å². The predicted molar refractivity (Wildman–Crippen MR) is 26.4 cm³/mol. The molecule has 1 radical (unpaired) electrons. The van der Waals surface area contributed by atoms with Crippen molar-refractivity contribution in [2.24, 2.45) is 0 Å². The second-order valence-electron chi connectivity index (χ2n) is 1.38. The Hall–Kier alpha value is -0.0800. The molecule has 0 aliphatic carbocycles. The van der Waals surface area contributed by atoms with Gasteiger partial charge in [0.1, 0.15) is 0 Å². The van der Waals surface area contributed by atoms with Crippen molar-refractivity contribution >= 4 is 0 Å². The van der Waals surface area contributed by atoms with Gasteiger partial charge in [-0.1, -0.05) is 13.3 Å². The average molecular weight is 103 g/mol. The van der Waals surface area contributed by atoms with Crippen LogP contribution in [-0.4, -0.2) is 13.4 Å². The van der Waals surface area contributed by atoms with Crippen LogP contribution in [0.25, 0.3) is 0 Å². The molecular formula is C5H11O2. The third kappa shape index (κ3) is 5.92. The van der Waals surface area contributed by atoms with Crippen molar-refractivity contribution in [3.8, 4) is 0 Å². The molecule has 0 unspecified atom stereocenters. The van der Waals surface area contributed by atoms with Gasteiger partial charge >= 0.3 is 0 Å². The standard InChI is InChI=1S/C5H11O2/c1-2-3-4-7-5-6/h2-5H2,1H3. The molecule has 7 heavy (non-hydrogen) atoms. The lowest BCUT2D eigenvalue weighted by atomic mass is 10.4. The summed E-state index contributed by atoms with van der Waals surface area (Å²) in [5, 5.41) is 9.58. The lowest BCUT2D eigenvalue weighted by Gasteiger charge is -1.92. The Labute approximate surface area is 44.1 Å². The van der Waals surface area contributed by atoms with Crippen LogP contribution in [0.2, 0.25) is 0 Å². The van der Waals surface area contributed by atoms with Crippen molar-refractivity contribution in [3.63, 3.8) is 0 Å². The zero-order valence-electron chi connectivity index (χ0n) is 4.64. The third-order valence-corrected chi connectivity index (χ3v) is 0.726. The normalized spacial score (nSPS) is 9.43. The van der Waals surface area contributed by atoms with E-state index in [4.69, 9.17) is 0 Å². The fraction of sp³-hybridized carbons (Fsp3) is 1.00. The Bertz CT molecular complexity index is 25.3. The van der Waals surface area contributed by atoms with Crippen molar-refractivity contribution in [1.82, 2.24) is 0 Å². The Kier molecular flexibility index (Phi) is 5.85. The maximum absolute atomic E-state index is 9.58. The number of hydrogen-bond donors (Lipinski definition) is 0. The highest BCUT2D eigenvalue weighted by Crippen LogP contribution is 1.85. The highest BCUT2D eigenvalue weighted by Gasteiger charge is 1.80. The van der Waals surface area contributed by atoms with E-state index in [0.717, 1.165) is 12.8 Å². The van der Waals surface area contributed by atoms with E-state index in [-0.39, 0.29) is 6.79 Å². The molecule has 2 nitrogen and oxygen atoms in total. The van der Waals surface area contributed by atoms with Gasteiger partial charge in [-0.25, -0.2) is 5.11 Å². The molecular weight excluding hydrogens is 92.1 g/mol. The molecule has 0 bridgehead atoms. The monoisotopic (exact) mass is 103 g/mol. The summed E-state index contributed by atoms with van der Waals surface area (Å²) in [6, 6.07) is 0. The molecule has 0 atom stereocenters. The maximum atomic E-state index is 9.58. The van der Waals surface area contributed by atoms with Gasteiger partial charge in [-0.15, -0.1) is 0 Å². The fourth-order valence-electron chi connectivity index (χ4n) is 0.305. The van der Waals surface area contributed by atoms with E-state index >= 15 is 0 Å². The zero-order chi connectivity index (χ0) is 5.54. The van der Waals surface area contributed by atoms with Crippen LogP contribution in [0.4, 0.5) is 0 Å². The molecule has 0 saturated carbocycles. The highest BCUT2D eigenvalue weighted by atomic mass is 16.6. The molecule has 0 aliphatic rings. The molecule has 0 aromatic carbocycles. The first-order valence-electron chi connectivity index (χ1n) is 2.57. The van der Waals surface area contributed by atoms with E-state index in [1.807, 2.05) is 0 Å². The minimum atomic E-state index is -0.389. The largest absolute Gasteiger partial charge is 0.352 e. The van der Waals surface area contributed by atoms with E-state index < -0.39 is 0 Å². The highest BCUT2D eigenvalue weighted by molar-refractivity contribution is 4.27. The SMILES string of the molecule is CCCCOC[O]. The summed E-state index contributed by atoms with van der Waals surface area (Å²) in [5.74, 6) is 0. The van der Waals surface area contributed by atoms with Crippen molar-refractivity contribution in [3.05, 3.63) is 0 Å². The molecule has 0 saturated heterocycles. The van der Waals surface area contributed by atoms with Crippen LogP contribution >= 0.6 is 0 Å². The van der Waals surface area contributed by atoms with Crippen molar-refractivity contribution < 1.29 is 9.84 Å². The first-order valence-corrected chi connectivity index (χ1v) is 2.57. The second kappa shape index (κ2) is 5.92. The lowest BCUT2D eigenvalue weighted by molar-refractivity contribution is -0.0443. The predicted octanol–water partition coefficient (Wildman–Crippen LogP) is 1.19. The summed E-state index contributed by atoms with van der Waals surface area (Å²) in [7, 11) is 0. The molecule has 43 valence electrons. The Balaban J connectivity index is 2.45. The van der Waals surface area contributed by atoms with E-state index in [2.05, 4.69) is 11.7 Å². The minimum absolute atomic E-state index is 0.389. The first-order chi connectivity index (χ1) is 3.41. The van der Waals surface area contributed by atoms with Crippen LogP contribution < -0.4 is 0 Å². The Morgan fingerprint density at radius 2 is 2.29 bits per heavy atom. The summed E-state index contributed by atoms with van der Waals surface area (Å²) in [4.78, 5) is 0. The van der Waals surface area contributed by atoms with Crippen molar-refractivity contribution in [1.29, 1.82) is 0 Å². The maximum Gasteiger partial charge on any atom is 0.180 e. The van der Waals surface area contributed by atoms with Gasteiger partial charge in [-0.05, 0) is 6.42 Å². The average Bonchev–Trinajstić information content (AvgIpc) is 1.69. The van der Waals surface area contributed by atoms with Crippen LogP contribution in [0.15, 0.2) is 0 Å². The third-order valence-electron chi connectivity index (χ3n) is 0.726. The molecule has 0 aromatic rings. The molecule has 0 fully saturated rings. The van der Waals surface area contributed by atoms with Gasteiger partial charge in [0.05, 0.1) is 0 Å². The number of rotatable bonds is 4. The summed E-state index contributed by atoms with van der Waals surface area (Å²) >= 11 is 0. The number of hydrogen-bond acceptors (Lipinski definition) is 1. The van der Waals surface area contributed by atoms with Gasteiger partial charge in [0.2, 0.25) is 0 Å². The van der Waals surface area contributed by atoms with Gasteiger partial charge < -0.3 is 4.74 Å². The minimum Gasteiger partial charge on any atom is -0.352 e. The Morgan fingerprint density at radius 1 is 1.57 bits per heavy atom. The molecule has 0 aliphatic heterocycles. The van der Waals surface area contributed by atoms with Crippen LogP contribution in [-0.2, 0) is 9.84 Å². The summed E-state index contributed by atoms with van der Waals surface area (Å²) in [5.41, 5.74) is 0. The Morgan fingerprint density at radius 3 is 2.71 bits per heavy atom. The molecule has 0 amide bonds. The van der Waals surface area contributed by atoms with E-state index in [1.165, 1.54) is 0 Å². The molecule has 0 aromatic heterocycles. The molecule has 0 heterocycles. The van der Waals surface area contributed by atoms with E-state index in [0.29, 0.717) is 6.61 Å². The van der Waals surface area contributed by atoms with Gasteiger partial charge in [0.25, 0.3) is 0 Å². The fourth-order valence-corrected chi connectivity index (χ4v) is 0.305. The first kappa shape index (κ1) is 6.92. The van der Waals surface area contributed by atoms with Gasteiger partial charge in [0, 0.05) is 6.61 Å². The van der Waals surface area contributed by atoms with Crippen LogP contribution in [0.3, 0.4) is 0 Å². The smallest absolute Gasteiger partial charge is 0.180 e. The summed E-state index contributed by atoms with van der Waals surface area (Å²) < 4.78 is 4.52. The van der Waals surface area contributed by atoms with Crippen molar-refractivity contribution in [2.75, 3.05) is 13.4 Å². The van der Waals surface area contributed by atoms with Crippen molar-refractivity contribution in [2.45, 2.75) is 19.8 Å². The summed E-state index contributed by atoms with van der Waals surface area (Å²) in [6.45, 7) is 2.30. The molecule has 0 spiro atoms. The number of ether oxygens (including phenoxy) is 1. The number of unbranched alkanes of at least 4 members (excludes halogenated alkanes) is 1. The summed E-state index contributed by atoms with van der Waals surface area (Å²) in [6.07, 6.45) is 2.10. The van der Waals surface area contributed by atoms with Gasteiger partial charge in [-0.3, -0.25) is 0 Å². The van der Waals surface area contributed by atoms with Crippen LogP contribution in [0, 0.1) is 0 Å². The quantitative estimate of drug-likeness (QED) is 0.388. The second-order valence-corrected chi connectivity index (χ2v) is 1.38. The lowest BCUT2D eigenvalue weighted by Crippen LogP contribution is -1.92. The van der Waals surface area contributed by atoms with E-state index in [9.17, 15) is 5.11 Å². The van der Waals surface area contributed by atoms with E-state index in [1.54, 1.807) is 0 Å². The van der Waals surface area contributed by atoms with Crippen LogP contribution in [0.5, 0.6) is 0 Å². The topological polar surface area (TPSA) is 29.1 Å². The molecule has 0 N–H and O–H groups in total. The molecule has 0 rings (SSSR count). The zero-order valence-corrected chi connectivity index (χ0v) is 4.64. The van der Waals surface area contributed by atoms with Crippen LogP contribution in [0.1, 0.15) is 19.8 Å². The van der Waals surface area contributed by atoms with Gasteiger partial charge in [-0.2, -0.15) is 0 Å².